The van der Waals surface area contributed by atoms with Gasteiger partial charge in [0.05, 0.1) is 13.0 Å². The van der Waals surface area contributed by atoms with Crippen molar-refractivity contribution in [2.75, 3.05) is 6.61 Å². The molecule has 2 N–H and O–H groups in total. The van der Waals surface area contributed by atoms with Crippen LogP contribution >= 0.6 is 0 Å². The van der Waals surface area contributed by atoms with Crippen molar-refractivity contribution < 1.29 is 9.53 Å². The number of esters is 1. The van der Waals surface area contributed by atoms with Crippen LogP contribution in [0.4, 0.5) is 0 Å². The highest BCUT2D eigenvalue weighted by molar-refractivity contribution is 5.71. The first kappa shape index (κ1) is 13.5. The van der Waals surface area contributed by atoms with Crippen molar-refractivity contribution in [2.45, 2.75) is 58.4 Å². The van der Waals surface area contributed by atoms with Crippen LogP contribution in [-0.2, 0) is 9.53 Å². The molecule has 3 heteroatoms. The molecule has 0 radical (unpaired) electrons. The lowest BCUT2D eigenvalue weighted by molar-refractivity contribution is -0.145. The largest absolute Gasteiger partial charge is 0.466 e. The number of nitrogens with two attached hydrogens (primary N) is 1. The number of carbonyl (C=O) groups is 1. The first-order chi connectivity index (χ1) is 7.49. The van der Waals surface area contributed by atoms with Gasteiger partial charge in [-0.3, -0.25) is 4.79 Å². The van der Waals surface area contributed by atoms with Crippen molar-refractivity contribution in [3.05, 3.63) is 0 Å². The van der Waals surface area contributed by atoms with Crippen molar-refractivity contribution in [3.8, 4) is 0 Å². The fourth-order valence-electron chi connectivity index (χ4n) is 2.99. The standard InChI is InChI=1S/C13H25NO2/c1-4-16-12(15)9-13(14)8-6-5-7-11(13)10(2)3/h10-11H,4-9,14H2,1-3H3. The first-order valence-corrected chi connectivity index (χ1v) is 6.44. The molecule has 1 aliphatic rings. The third-order valence-corrected chi connectivity index (χ3v) is 3.73. The minimum atomic E-state index is -0.335. The second-order valence-corrected chi connectivity index (χ2v) is 5.31. The minimum absolute atomic E-state index is 0.141. The van der Waals surface area contributed by atoms with E-state index in [0.29, 0.717) is 24.9 Å². The topological polar surface area (TPSA) is 52.3 Å². The maximum atomic E-state index is 11.6. The molecule has 0 spiro atoms. The van der Waals surface area contributed by atoms with Crippen LogP contribution in [0.25, 0.3) is 0 Å². The molecule has 1 rings (SSSR count). The van der Waals surface area contributed by atoms with Crippen LogP contribution in [0.1, 0.15) is 52.9 Å². The molecule has 1 aliphatic carbocycles. The molecule has 3 nitrogen and oxygen atoms in total. The zero-order valence-electron chi connectivity index (χ0n) is 10.8. The van der Waals surface area contributed by atoms with E-state index in [4.69, 9.17) is 10.5 Å². The number of rotatable bonds is 4. The van der Waals surface area contributed by atoms with E-state index in [1.165, 1.54) is 6.42 Å². The third-order valence-electron chi connectivity index (χ3n) is 3.73. The van der Waals surface area contributed by atoms with Gasteiger partial charge in [0.15, 0.2) is 0 Å². The van der Waals surface area contributed by atoms with Crippen LogP contribution in [0.3, 0.4) is 0 Å². The van der Waals surface area contributed by atoms with Gasteiger partial charge in [-0.2, -0.15) is 0 Å². The van der Waals surface area contributed by atoms with Gasteiger partial charge >= 0.3 is 5.97 Å². The van der Waals surface area contributed by atoms with E-state index in [1.807, 2.05) is 6.92 Å². The monoisotopic (exact) mass is 227 g/mol. The Hall–Kier alpha value is -0.570. The number of hydrogen-bond donors (Lipinski definition) is 1. The minimum Gasteiger partial charge on any atom is -0.466 e. The number of hydrogen-bond acceptors (Lipinski definition) is 3. The second kappa shape index (κ2) is 5.67. The predicted molar refractivity (Wildman–Crippen MR) is 65.0 cm³/mol. The van der Waals surface area contributed by atoms with Crippen LogP contribution in [-0.4, -0.2) is 18.1 Å². The Morgan fingerprint density at radius 2 is 2.19 bits per heavy atom. The van der Waals surface area contributed by atoms with Gasteiger partial charge in [-0.05, 0) is 31.6 Å². The first-order valence-electron chi connectivity index (χ1n) is 6.44. The van der Waals surface area contributed by atoms with Gasteiger partial charge in [-0.15, -0.1) is 0 Å². The van der Waals surface area contributed by atoms with Gasteiger partial charge in [-0.1, -0.05) is 26.7 Å². The second-order valence-electron chi connectivity index (χ2n) is 5.31. The molecule has 0 aromatic heterocycles. The fraction of sp³-hybridized carbons (Fsp3) is 0.923. The Balaban J connectivity index is 2.66. The van der Waals surface area contributed by atoms with Gasteiger partial charge in [0, 0.05) is 5.54 Å². The lowest BCUT2D eigenvalue weighted by Gasteiger charge is -2.43. The quantitative estimate of drug-likeness (QED) is 0.751. The zero-order valence-corrected chi connectivity index (χ0v) is 10.8. The molecule has 0 amide bonds. The molecule has 16 heavy (non-hydrogen) atoms. The van der Waals surface area contributed by atoms with Crippen molar-refractivity contribution >= 4 is 5.97 Å². The maximum absolute atomic E-state index is 11.6. The van der Waals surface area contributed by atoms with E-state index in [-0.39, 0.29) is 11.5 Å². The summed E-state index contributed by atoms with van der Waals surface area (Å²) in [6, 6.07) is 0. The van der Waals surface area contributed by atoms with Crippen LogP contribution in [0.2, 0.25) is 0 Å². The smallest absolute Gasteiger partial charge is 0.307 e. The molecule has 0 aromatic rings. The Kier molecular flexibility index (Phi) is 4.78. The predicted octanol–water partition coefficient (Wildman–Crippen LogP) is 2.48. The summed E-state index contributed by atoms with van der Waals surface area (Å²) in [4.78, 5) is 11.6. The molecule has 2 unspecified atom stereocenters. The Labute approximate surface area is 98.7 Å². The van der Waals surface area contributed by atoms with Crippen molar-refractivity contribution in [2.24, 2.45) is 17.6 Å². The molecule has 2 atom stereocenters. The highest BCUT2D eigenvalue weighted by Gasteiger charge is 2.40. The van der Waals surface area contributed by atoms with Gasteiger partial charge in [-0.25, -0.2) is 0 Å². The Morgan fingerprint density at radius 1 is 1.50 bits per heavy atom. The van der Waals surface area contributed by atoms with Gasteiger partial charge < -0.3 is 10.5 Å². The van der Waals surface area contributed by atoms with Gasteiger partial charge in [0.25, 0.3) is 0 Å². The average molecular weight is 227 g/mol. The van der Waals surface area contributed by atoms with Crippen molar-refractivity contribution in [3.63, 3.8) is 0 Å². The van der Waals surface area contributed by atoms with Crippen molar-refractivity contribution in [1.82, 2.24) is 0 Å². The number of carbonyl (C=O) groups excluding carboxylic acids is 1. The molecule has 0 bridgehead atoms. The fourth-order valence-corrected chi connectivity index (χ4v) is 2.99. The van der Waals surface area contributed by atoms with E-state index in [1.54, 1.807) is 0 Å². The molecule has 0 saturated heterocycles. The maximum Gasteiger partial charge on any atom is 0.307 e. The van der Waals surface area contributed by atoms with Crippen LogP contribution in [0, 0.1) is 11.8 Å². The SMILES string of the molecule is CCOC(=O)CC1(N)CCCCC1C(C)C. The average Bonchev–Trinajstić information content (AvgIpc) is 2.17. The zero-order chi connectivity index (χ0) is 12.2. The summed E-state index contributed by atoms with van der Waals surface area (Å²) in [6.07, 6.45) is 4.86. The summed E-state index contributed by atoms with van der Waals surface area (Å²) in [7, 11) is 0. The van der Waals surface area contributed by atoms with Crippen molar-refractivity contribution in [1.29, 1.82) is 0 Å². The summed E-state index contributed by atoms with van der Waals surface area (Å²) in [6.45, 7) is 6.68. The van der Waals surface area contributed by atoms with E-state index >= 15 is 0 Å². The van der Waals surface area contributed by atoms with E-state index in [2.05, 4.69) is 13.8 Å². The molecule has 0 aliphatic heterocycles. The summed E-state index contributed by atoms with van der Waals surface area (Å²) < 4.78 is 5.02. The third kappa shape index (κ3) is 3.21. The van der Waals surface area contributed by atoms with Crippen LogP contribution in [0.15, 0.2) is 0 Å². The molecule has 94 valence electrons. The lowest BCUT2D eigenvalue weighted by atomic mass is 9.67. The lowest BCUT2D eigenvalue weighted by Crippen LogP contribution is -2.52. The van der Waals surface area contributed by atoms with E-state index in [9.17, 15) is 4.79 Å². The summed E-state index contributed by atoms with van der Waals surface area (Å²) >= 11 is 0. The molecule has 1 saturated carbocycles. The summed E-state index contributed by atoms with van der Waals surface area (Å²) in [5.41, 5.74) is 6.10. The molecule has 0 aromatic carbocycles. The number of ether oxygens (including phenoxy) is 1. The highest BCUT2D eigenvalue weighted by Crippen LogP contribution is 2.38. The molecular weight excluding hydrogens is 202 g/mol. The van der Waals surface area contributed by atoms with Gasteiger partial charge in [0.1, 0.15) is 0 Å². The summed E-state index contributed by atoms with van der Waals surface area (Å²) in [5, 5.41) is 0. The van der Waals surface area contributed by atoms with Gasteiger partial charge in [0.2, 0.25) is 0 Å². The van der Waals surface area contributed by atoms with E-state index < -0.39 is 0 Å². The van der Waals surface area contributed by atoms with Crippen LogP contribution < -0.4 is 5.73 Å². The highest BCUT2D eigenvalue weighted by atomic mass is 16.5. The molecular formula is C13H25NO2. The Bertz CT molecular complexity index is 240. The summed E-state index contributed by atoms with van der Waals surface area (Å²) in [5.74, 6) is 0.850. The molecule has 0 heterocycles. The normalized spacial score (nSPS) is 30.4. The van der Waals surface area contributed by atoms with E-state index in [0.717, 1.165) is 19.3 Å². The Morgan fingerprint density at radius 3 is 2.75 bits per heavy atom. The molecule has 1 fully saturated rings. The van der Waals surface area contributed by atoms with Crippen LogP contribution in [0.5, 0.6) is 0 Å².